The van der Waals surface area contributed by atoms with Gasteiger partial charge >= 0.3 is 6.09 Å². The number of amides is 1. The van der Waals surface area contributed by atoms with Crippen molar-refractivity contribution >= 4 is 22.7 Å². The summed E-state index contributed by atoms with van der Waals surface area (Å²) in [5, 5.41) is 18.6. The number of carbonyl (C=O) groups excluding carboxylic acids is 1. The lowest BCUT2D eigenvalue weighted by Gasteiger charge is -2.08. The van der Waals surface area contributed by atoms with Gasteiger partial charge in [-0.25, -0.2) is 4.79 Å². The molecule has 1 heterocycles. The standard InChI is InChI=1S/C16H21N3O3/c1-4-22-16(21)18-17-14-12-7-5-6-8-13(12)19(15(14)20)10-9-11(2)3/h5-8,11,20H,4,9-10H2,1-3H3. The second kappa shape index (κ2) is 7.06. The van der Waals surface area contributed by atoms with Gasteiger partial charge in [-0.15, -0.1) is 5.11 Å². The highest BCUT2D eigenvalue weighted by atomic mass is 16.5. The zero-order valence-corrected chi connectivity index (χ0v) is 13.1. The fourth-order valence-corrected chi connectivity index (χ4v) is 2.23. The third-order valence-corrected chi connectivity index (χ3v) is 3.35. The van der Waals surface area contributed by atoms with Crippen LogP contribution in [0.3, 0.4) is 0 Å². The lowest BCUT2D eigenvalue weighted by molar-refractivity contribution is 0.162. The Morgan fingerprint density at radius 1 is 1.36 bits per heavy atom. The van der Waals surface area contributed by atoms with E-state index in [0.717, 1.165) is 17.3 Å². The Labute approximate surface area is 129 Å². The van der Waals surface area contributed by atoms with E-state index in [2.05, 4.69) is 24.1 Å². The molecule has 1 N–H and O–H groups in total. The van der Waals surface area contributed by atoms with Crippen LogP contribution in [-0.4, -0.2) is 22.4 Å². The maximum absolute atomic E-state index is 11.3. The van der Waals surface area contributed by atoms with Gasteiger partial charge in [-0.1, -0.05) is 37.2 Å². The number of hydrogen-bond donors (Lipinski definition) is 1. The Balaban J connectivity index is 2.41. The Hall–Kier alpha value is -2.37. The van der Waals surface area contributed by atoms with Crippen LogP contribution in [-0.2, 0) is 11.3 Å². The van der Waals surface area contributed by atoms with Gasteiger partial charge in [0.15, 0.2) is 5.69 Å². The molecule has 0 bridgehead atoms. The quantitative estimate of drug-likeness (QED) is 0.818. The summed E-state index contributed by atoms with van der Waals surface area (Å²) < 4.78 is 6.51. The van der Waals surface area contributed by atoms with Gasteiger partial charge in [-0.2, -0.15) is 0 Å². The summed E-state index contributed by atoms with van der Waals surface area (Å²) in [5.41, 5.74) is 1.17. The molecule has 0 fully saturated rings. The number of fused-ring (bicyclic) bond motifs is 1. The molecule has 1 aromatic heterocycles. The van der Waals surface area contributed by atoms with Crippen molar-refractivity contribution in [3.05, 3.63) is 24.3 Å². The van der Waals surface area contributed by atoms with Crippen molar-refractivity contribution in [3.8, 4) is 5.88 Å². The summed E-state index contributed by atoms with van der Waals surface area (Å²) in [6.07, 6.45) is 0.168. The summed E-state index contributed by atoms with van der Waals surface area (Å²) in [6, 6.07) is 7.52. The van der Waals surface area contributed by atoms with E-state index in [1.807, 2.05) is 24.3 Å². The van der Waals surface area contributed by atoms with Crippen LogP contribution in [0.4, 0.5) is 10.5 Å². The minimum Gasteiger partial charge on any atom is -0.493 e. The first-order valence-corrected chi connectivity index (χ1v) is 7.43. The van der Waals surface area contributed by atoms with Crippen LogP contribution < -0.4 is 0 Å². The van der Waals surface area contributed by atoms with Crippen LogP contribution >= 0.6 is 0 Å². The average Bonchev–Trinajstić information content (AvgIpc) is 2.75. The number of carbonyl (C=O) groups is 1. The number of rotatable bonds is 5. The first-order valence-electron chi connectivity index (χ1n) is 7.43. The van der Waals surface area contributed by atoms with E-state index >= 15 is 0 Å². The molecule has 0 saturated heterocycles. The first-order chi connectivity index (χ1) is 10.5. The Morgan fingerprint density at radius 3 is 2.77 bits per heavy atom. The van der Waals surface area contributed by atoms with Crippen molar-refractivity contribution in [2.24, 2.45) is 16.1 Å². The monoisotopic (exact) mass is 303 g/mol. The summed E-state index contributed by atoms with van der Waals surface area (Å²) in [6.45, 7) is 6.87. The van der Waals surface area contributed by atoms with E-state index in [0.29, 0.717) is 18.2 Å². The second-order valence-corrected chi connectivity index (χ2v) is 5.42. The van der Waals surface area contributed by atoms with E-state index in [1.54, 1.807) is 11.5 Å². The van der Waals surface area contributed by atoms with E-state index in [1.165, 1.54) is 0 Å². The number of azo groups is 1. The molecule has 1 amide bonds. The first kappa shape index (κ1) is 16.0. The van der Waals surface area contributed by atoms with E-state index in [-0.39, 0.29) is 12.5 Å². The normalized spacial score (nSPS) is 11.6. The highest BCUT2D eigenvalue weighted by molar-refractivity contribution is 5.95. The highest BCUT2D eigenvalue weighted by Gasteiger charge is 2.16. The van der Waals surface area contributed by atoms with Crippen LogP contribution in [0.2, 0.25) is 0 Å². The van der Waals surface area contributed by atoms with E-state index < -0.39 is 6.09 Å². The molecule has 0 saturated carbocycles. The molecular weight excluding hydrogens is 282 g/mol. The molecule has 6 heteroatoms. The number of nitrogens with zero attached hydrogens (tertiary/aromatic N) is 3. The summed E-state index contributed by atoms with van der Waals surface area (Å²) in [7, 11) is 0. The number of benzene rings is 1. The van der Waals surface area contributed by atoms with Crippen LogP contribution in [0, 0.1) is 5.92 Å². The van der Waals surface area contributed by atoms with Crippen molar-refractivity contribution in [2.45, 2.75) is 33.7 Å². The number of aromatic hydroxyl groups is 1. The Morgan fingerprint density at radius 2 is 2.09 bits per heavy atom. The SMILES string of the molecule is CCOC(=O)N=Nc1c(O)n(CCC(C)C)c2ccccc12. The zero-order chi connectivity index (χ0) is 16.1. The molecule has 118 valence electrons. The van der Waals surface area contributed by atoms with Crippen molar-refractivity contribution < 1.29 is 14.6 Å². The Kier molecular flexibility index (Phi) is 5.14. The molecule has 0 spiro atoms. The van der Waals surface area contributed by atoms with Crippen molar-refractivity contribution in [2.75, 3.05) is 6.61 Å². The molecule has 0 aliphatic rings. The average molecular weight is 303 g/mol. The van der Waals surface area contributed by atoms with Gasteiger partial charge in [0.2, 0.25) is 5.88 Å². The van der Waals surface area contributed by atoms with Crippen LogP contribution in [0.1, 0.15) is 27.2 Å². The fourth-order valence-electron chi connectivity index (χ4n) is 2.23. The minimum absolute atomic E-state index is 0.0231. The molecular formula is C16H21N3O3. The van der Waals surface area contributed by atoms with Crippen LogP contribution in [0.5, 0.6) is 5.88 Å². The molecule has 22 heavy (non-hydrogen) atoms. The molecule has 0 aliphatic heterocycles. The van der Waals surface area contributed by atoms with Gasteiger partial charge in [-0.05, 0) is 25.3 Å². The van der Waals surface area contributed by atoms with Gasteiger partial charge in [0, 0.05) is 11.9 Å². The minimum atomic E-state index is -0.763. The molecule has 0 atom stereocenters. The van der Waals surface area contributed by atoms with Crippen molar-refractivity contribution in [1.82, 2.24) is 4.57 Å². The fraction of sp³-hybridized carbons (Fsp3) is 0.438. The third-order valence-electron chi connectivity index (χ3n) is 3.35. The van der Waals surface area contributed by atoms with Crippen LogP contribution in [0.25, 0.3) is 10.9 Å². The molecule has 0 unspecified atom stereocenters. The summed E-state index contributed by atoms with van der Waals surface area (Å²) in [4.78, 5) is 11.3. The molecule has 2 rings (SSSR count). The molecule has 0 aliphatic carbocycles. The van der Waals surface area contributed by atoms with Crippen LogP contribution in [0.15, 0.2) is 34.5 Å². The number of hydrogen-bond acceptors (Lipinski definition) is 4. The summed E-state index contributed by atoms with van der Waals surface area (Å²) in [5.74, 6) is 0.542. The predicted octanol–water partition coefficient (Wildman–Crippen LogP) is 4.63. The van der Waals surface area contributed by atoms with E-state index in [9.17, 15) is 9.90 Å². The second-order valence-electron chi connectivity index (χ2n) is 5.42. The number of aromatic nitrogens is 1. The summed E-state index contributed by atoms with van der Waals surface area (Å²) >= 11 is 0. The predicted molar refractivity (Wildman–Crippen MR) is 84.6 cm³/mol. The zero-order valence-electron chi connectivity index (χ0n) is 13.1. The maximum Gasteiger partial charge on any atom is 0.452 e. The maximum atomic E-state index is 11.3. The van der Waals surface area contributed by atoms with Gasteiger partial charge in [0.05, 0.1) is 12.1 Å². The number of ether oxygens (including phenoxy) is 1. The Bertz CT molecular complexity index is 689. The largest absolute Gasteiger partial charge is 0.493 e. The lowest BCUT2D eigenvalue weighted by Crippen LogP contribution is -2.00. The molecule has 2 aromatic rings. The van der Waals surface area contributed by atoms with Gasteiger partial charge in [0.25, 0.3) is 0 Å². The van der Waals surface area contributed by atoms with Gasteiger partial charge in [0.1, 0.15) is 0 Å². The smallest absolute Gasteiger partial charge is 0.452 e. The number of aryl methyl sites for hydroxylation is 1. The van der Waals surface area contributed by atoms with Gasteiger partial charge in [-0.3, -0.25) is 0 Å². The highest BCUT2D eigenvalue weighted by Crippen LogP contribution is 2.39. The molecule has 1 aromatic carbocycles. The van der Waals surface area contributed by atoms with Crippen molar-refractivity contribution in [1.29, 1.82) is 0 Å². The van der Waals surface area contributed by atoms with Crippen molar-refractivity contribution in [3.63, 3.8) is 0 Å². The third kappa shape index (κ3) is 3.44. The lowest BCUT2D eigenvalue weighted by atomic mass is 10.1. The number of para-hydroxylation sites is 1. The molecule has 0 radical (unpaired) electrons. The van der Waals surface area contributed by atoms with E-state index in [4.69, 9.17) is 4.74 Å². The molecule has 6 nitrogen and oxygen atoms in total. The van der Waals surface area contributed by atoms with Gasteiger partial charge < -0.3 is 14.4 Å². The topological polar surface area (TPSA) is 76.2 Å².